The van der Waals surface area contributed by atoms with Crippen LogP contribution in [0.3, 0.4) is 0 Å². The van der Waals surface area contributed by atoms with Gasteiger partial charge < -0.3 is 0 Å². The Morgan fingerprint density at radius 2 is 1.69 bits per heavy atom. The van der Waals surface area contributed by atoms with E-state index < -0.39 is 18.4 Å². The monoisotopic (exact) mass is 230 g/mol. The van der Waals surface area contributed by atoms with Crippen molar-refractivity contribution in [2.75, 3.05) is 0 Å². The van der Waals surface area contributed by atoms with Gasteiger partial charge in [0, 0.05) is 6.42 Å². The van der Waals surface area contributed by atoms with E-state index in [4.69, 9.17) is 0 Å². The van der Waals surface area contributed by atoms with Crippen LogP contribution in [0.4, 0.5) is 13.2 Å². The van der Waals surface area contributed by atoms with Gasteiger partial charge in [-0.25, -0.2) is 0 Å². The summed E-state index contributed by atoms with van der Waals surface area (Å²) in [5, 5.41) is 0. The number of ketones is 1. The van der Waals surface area contributed by atoms with E-state index in [-0.39, 0.29) is 0 Å². The lowest BCUT2D eigenvalue weighted by molar-refractivity contribution is -0.170. The Morgan fingerprint density at radius 1 is 1.19 bits per heavy atom. The van der Waals surface area contributed by atoms with Crippen LogP contribution in [-0.4, -0.2) is 12.0 Å². The summed E-state index contributed by atoms with van der Waals surface area (Å²) in [4.78, 5) is 10.7. The first-order chi connectivity index (χ1) is 7.30. The molecular weight excluding hydrogens is 217 g/mol. The van der Waals surface area contributed by atoms with E-state index >= 15 is 0 Å². The molecule has 1 rings (SSSR count). The highest BCUT2D eigenvalue weighted by Gasteiger charge is 2.37. The molecule has 4 heteroatoms. The summed E-state index contributed by atoms with van der Waals surface area (Å²) in [5.41, 5.74) is 1.44. The smallest absolute Gasteiger partial charge is 0.289 e. The average Bonchev–Trinajstić information content (AvgIpc) is 2.17. The highest BCUT2D eigenvalue weighted by Crippen LogP contribution is 2.20. The predicted molar refractivity (Wildman–Crippen MR) is 55.3 cm³/mol. The number of hydrogen-bond donors (Lipinski definition) is 0. The molecule has 0 spiro atoms. The van der Waals surface area contributed by atoms with Crippen LogP contribution in [0, 0.1) is 0 Å². The second kappa shape index (κ2) is 4.68. The molecule has 1 nitrogen and oxygen atoms in total. The van der Waals surface area contributed by atoms with E-state index in [1.807, 2.05) is 13.8 Å². The molecule has 0 fully saturated rings. The fourth-order valence-electron chi connectivity index (χ4n) is 1.31. The number of carbonyl (C=O) groups is 1. The maximum Gasteiger partial charge on any atom is 0.450 e. The summed E-state index contributed by atoms with van der Waals surface area (Å²) < 4.78 is 36.0. The summed E-state index contributed by atoms with van der Waals surface area (Å²) in [6.45, 7) is 3.99. The molecule has 0 heterocycles. The van der Waals surface area contributed by atoms with Crippen LogP contribution in [-0.2, 0) is 11.2 Å². The number of carbonyl (C=O) groups excluding carboxylic acids is 1. The lowest BCUT2D eigenvalue weighted by Crippen LogP contribution is -2.24. The standard InChI is InChI=1S/C12H13F3O/c1-8(2)10-5-3-9(4-6-10)7-11(16)12(13,14)15/h3-6,8H,7H2,1-2H3. The molecule has 0 aliphatic carbocycles. The van der Waals surface area contributed by atoms with Gasteiger partial charge in [-0.3, -0.25) is 4.79 Å². The lowest BCUT2D eigenvalue weighted by Gasteiger charge is -2.07. The first-order valence-corrected chi connectivity index (χ1v) is 4.99. The van der Waals surface area contributed by atoms with Gasteiger partial charge in [0.1, 0.15) is 0 Å². The van der Waals surface area contributed by atoms with Crippen molar-refractivity contribution in [3.8, 4) is 0 Å². The predicted octanol–water partition coefficient (Wildman–Crippen LogP) is 3.48. The fraction of sp³-hybridized carbons (Fsp3) is 0.417. The van der Waals surface area contributed by atoms with Crippen molar-refractivity contribution < 1.29 is 18.0 Å². The van der Waals surface area contributed by atoms with Crippen molar-refractivity contribution in [3.63, 3.8) is 0 Å². The molecule has 0 aliphatic heterocycles. The van der Waals surface area contributed by atoms with Gasteiger partial charge in [-0.05, 0) is 17.0 Å². The van der Waals surface area contributed by atoms with Gasteiger partial charge in [-0.1, -0.05) is 38.1 Å². The first kappa shape index (κ1) is 12.7. The maximum absolute atomic E-state index is 12.0. The zero-order valence-electron chi connectivity index (χ0n) is 9.14. The number of benzene rings is 1. The number of alkyl halides is 3. The third kappa shape index (κ3) is 3.36. The van der Waals surface area contributed by atoms with Gasteiger partial charge in [-0.15, -0.1) is 0 Å². The lowest BCUT2D eigenvalue weighted by atomic mass is 10.00. The number of rotatable bonds is 3. The zero-order chi connectivity index (χ0) is 12.3. The van der Waals surface area contributed by atoms with Crippen LogP contribution in [0.1, 0.15) is 30.9 Å². The highest BCUT2D eigenvalue weighted by molar-refractivity contribution is 5.86. The minimum absolute atomic E-state index is 0.326. The number of halogens is 3. The van der Waals surface area contributed by atoms with Gasteiger partial charge in [0.2, 0.25) is 5.78 Å². The maximum atomic E-state index is 12.0. The van der Waals surface area contributed by atoms with E-state index in [0.29, 0.717) is 11.5 Å². The Kier molecular flexibility index (Phi) is 3.73. The van der Waals surface area contributed by atoms with Crippen LogP contribution in [0.15, 0.2) is 24.3 Å². The zero-order valence-corrected chi connectivity index (χ0v) is 9.14. The third-order valence-electron chi connectivity index (χ3n) is 2.33. The van der Waals surface area contributed by atoms with Crippen molar-refractivity contribution in [1.29, 1.82) is 0 Å². The van der Waals surface area contributed by atoms with Gasteiger partial charge in [0.05, 0.1) is 0 Å². The minimum atomic E-state index is -4.74. The van der Waals surface area contributed by atoms with E-state index in [1.165, 1.54) is 0 Å². The summed E-state index contributed by atoms with van der Waals surface area (Å²) in [6.07, 6.45) is -5.32. The summed E-state index contributed by atoms with van der Waals surface area (Å²) in [6, 6.07) is 6.64. The molecule has 0 aromatic heterocycles. The van der Waals surface area contributed by atoms with Crippen molar-refractivity contribution in [2.24, 2.45) is 0 Å². The Balaban J connectivity index is 2.73. The molecule has 88 valence electrons. The molecular formula is C12H13F3O. The Morgan fingerprint density at radius 3 is 2.06 bits per heavy atom. The summed E-state index contributed by atoms with van der Waals surface area (Å²) in [5.74, 6) is -1.38. The van der Waals surface area contributed by atoms with Crippen LogP contribution >= 0.6 is 0 Å². The van der Waals surface area contributed by atoms with Crippen molar-refractivity contribution >= 4 is 5.78 Å². The van der Waals surface area contributed by atoms with Gasteiger partial charge in [-0.2, -0.15) is 13.2 Å². The SMILES string of the molecule is CC(C)c1ccc(CC(=O)C(F)(F)F)cc1. The van der Waals surface area contributed by atoms with Crippen LogP contribution in [0.25, 0.3) is 0 Å². The second-order valence-electron chi connectivity index (χ2n) is 3.99. The number of hydrogen-bond acceptors (Lipinski definition) is 1. The van der Waals surface area contributed by atoms with Gasteiger partial charge >= 0.3 is 6.18 Å². The first-order valence-electron chi connectivity index (χ1n) is 4.99. The quantitative estimate of drug-likeness (QED) is 0.776. The van der Waals surface area contributed by atoms with E-state index in [1.54, 1.807) is 24.3 Å². The summed E-state index contributed by atoms with van der Waals surface area (Å²) in [7, 11) is 0. The van der Waals surface area contributed by atoms with Crippen LogP contribution in [0.5, 0.6) is 0 Å². The Bertz CT molecular complexity index is 363. The van der Waals surface area contributed by atoms with Crippen LogP contribution < -0.4 is 0 Å². The highest BCUT2D eigenvalue weighted by atomic mass is 19.4. The molecule has 0 bridgehead atoms. The third-order valence-corrected chi connectivity index (χ3v) is 2.33. The van der Waals surface area contributed by atoms with Gasteiger partial charge in [0.25, 0.3) is 0 Å². The van der Waals surface area contributed by atoms with Crippen molar-refractivity contribution in [3.05, 3.63) is 35.4 Å². The summed E-state index contributed by atoms with van der Waals surface area (Å²) >= 11 is 0. The molecule has 0 saturated carbocycles. The molecule has 0 atom stereocenters. The molecule has 16 heavy (non-hydrogen) atoms. The normalized spacial score (nSPS) is 11.9. The Hall–Kier alpha value is -1.32. The molecule has 1 aromatic carbocycles. The van der Waals surface area contributed by atoms with Crippen LogP contribution in [0.2, 0.25) is 0 Å². The minimum Gasteiger partial charge on any atom is -0.289 e. The molecule has 0 saturated heterocycles. The van der Waals surface area contributed by atoms with Gasteiger partial charge in [0.15, 0.2) is 0 Å². The largest absolute Gasteiger partial charge is 0.450 e. The average molecular weight is 230 g/mol. The van der Waals surface area contributed by atoms with Crippen molar-refractivity contribution in [1.82, 2.24) is 0 Å². The topological polar surface area (TPSA) is 17.1 Å². The molecule has 0 unspecified atom stereocenters. The molecule has 0 N–H and O–H groups in total. The second-order valence-corrected chi connectivity index (χ2v) is 3.99. The molecule has 0 radical (unpaired) electrons. The molecule has 0 aliphatic rings. The number of Topliss-reactive ketones (excluding diaryl/α,β-unsaturated/α-hetero) is 1. The van der Waals surface area contributed by atoms with Crippen molar-refractivity contribution in [2.45, 2.75) is 32.4 Å². The molecule has 0 amide bonds. The fourth-order valence-corrected chi connectivity index (χ4v) is 1.31. The van der Waals surface area contributed by atoms with E-state index in [9.17, 15) is 18.0 Å². The molecule has 1 aromatic rings. The Labute approximate surface area is 92.3 Å². The van der Waals surface area contributed by atoms with E-state index in [0.717, 1.165) is 5.56 Å². The van der Waals surface area contributed by atoms with E-state index in [2.05, 4.69) is 0 Å².